The number of rotatable bonds is 5. The molecule has 1 N–H and O–H groups in total. The van der Waals surface area contributed by atoms with Gasteiger partial charge in [0.25, 0.3) is 5.91 Å². The zero-order chi connectivity index (χ0) is 21.3. The molecule has 0 aliphatic carbocycles. The van der Waals surface area contributed by atoms with E-state index in [1.165, 1.54) is 10.4 Å². The molecule has 4 nitrogen and oxygen atoms in total. The Morgan fingerprint density at radius 3 is 2.60 bits per heavy atom. The molecule has 2 amide bonds. The number of thiophene rings is 2. The first-order valence-electron chi connectivity index (χ1n) is 9.93. The Balaban J connectivity index is 1.63. The van der Waals surface area contributed by atoms with E-state index in [1.807, 2.05) is 30.2 Å². The van der Waals surface area contributed by atoms with Crippen molar-refractivity contribution in [2.24, 2.45) is 5.92 Å². The number of benzene rings is 1. The Hall–Kier alpha value is -2.15. The Labute approximate surface area is 189 Å². The molecule has 1 unspecified atom stereocenters. The first-order valence-corrected chi connectivity index (χ1v) is 12.1. The summed E-state index contributed by atoms with van der Waals surface area (Å²) in [6.45, 7) is 4.55. The topological polar surface area (TPSA) is 49.4 Å². The molecule has 0 spiro atoms. The van der Waals surface area contributed by atoms with Gasteiger partial charge in [-0.05, 0) is 52.9 Å². The van der Waals surface area contributed by atoms with Gasteiger partial charge in [0.15, 0.2) is 0 Å². The van der Waals surface area contributed by atoms with Gasteiger partial charge in [-0.1, -0.05) is 43.6 Å². The molecule has 30 heavy (non-hydrogen) atoms. The third kappa shape index (κ3) is 4.04. The summed E-state index contributed by atoms with van der Waals surface area (Å²) in [4.78, 5) is 31.0. The van der Waals surface area contributed by atoms with Crippen LogP contribution >= 0.6 is 34.3 Å². The van der Waals surface area contributed by atoms with Crippen molar-refractivity contribution in [2.75, 3.05) is 6.54 Å². The fourth-order valence-electron chi connectivity index (χ4n) is 3.86. The first kappa shape index (κ1) is 21.1. The highest BCUT2D eigenvalue weighted by Gasteiger charge is 2.38. The molecular weight excluding hydrogens is 436 g/mol. The maximum absolute atomic E-state index is 13.7. The lowest BCUT2D eigenvalue weighted by atomic mass is 9.95. The molecule has 7 heteroatoms. The smallest absolute Gasteiger partial charge is 0.253 e. The molecule has 0 fully saturated rings. The summed E-state index contributed by atoms with van der Waals surface area (Å²) in [7, 11) is 0. The fourth-order valence-corrected chi connectivity index (χ4v) is 5.84. The van der Waals surface area contributed by atoms with Crippen LogP contribution in [0.5, 0.6) is 0 Å². The standard InChI is InChI=1S/C23H23ClN2O2S2/c1-14(2)20(25-22(27)15-6-3-4-7-17(15)24)23(28)26-11-9-18-16(10-13-30-18)21(26)19-8-5-12-29-19/h3-8,10,12-14,20-21H,9,11H2,1-2H3,(H,25,27)/t20-,21?/m0/s1. The molecule has 0 radical (unpaired) electrons. The highest BCUT2D eigenvalue weighted by molar-refractivity contribution is 7.10. The Bertz CT molecular complexity index is 1050. The van der Waals surface area contributed by atoms with Gasteiger partial charge in [0.1, 0.15) is 6.04 Å². The molecule has 3 aromatic rings. The van der Waals surface area contributed by atoms with Crippen LogP contribution in [0.4, 0.5) is 0 Å². The molecular formula is C23H23ClN2O2S2. The minimum atomic E-state index is -0.628. The summed E-state index contributed by atoms with van der Waals surface area (Å²) in [5.74, 6) is -0.439. The second-order valence-electron chi connectivity index (χ2n) is 7.67. The number of hydrogen-bond donors (Lipinski definition) is 1. The van der Waals surface area contributed by atoms with Crippen LogP contribution in [0.3, 0.4) is 0 Å². The van der Waals surface area contributed by atoms with E-state index in [1.54, 1.807) is 46.9 Å². The summed E-state index contributed by atoms with van der Waals surface area (Å²) in [5.41, 5.74) is 1.58. The van der Waals surface area contributed by atoms with Gasteiger partial charge in [0, 0.05) is 16.3 Å². The average molecular weight is 459 g/mol. The maximum Gasteiger partial charge on any atom is 0.253 e. The summed E-state index contributed by atoms with van der Waals surface area (Å²) in [6.07, 6.45) is 0.837. The van der Waals surface area contributed by atoms with Gasteiger partial charge in [0.05, 0.1) is 16.6 Å². The van der Waals surface area contributed by atoms with Crippen molar-refractivity contribution in [3.8, 4) is 0 Å². The summed E-state index contributed by atoms with van der Waals surface area (Å²) in [5, 5.41) is 7.46. The lowest BCUT2D eigenvalue weighted by Crippen LogP contribution is -2.53. The minimum absolute atomic E-state index is 0.0550. The highest BCUT2D eigenvalue weighted by Crippen LogP contribution is 2.40. The van der Waals surface area contributed by atoms with E-state index in [9.17, 15) is 9.59 Å². The third-order valence-corrected chi connectivity index (χ3v) is 7.65. The molecule has 1 aromatic carbocycles. The third-order valence-electron chi connectivity index (χ3n) is 5.40. The van der Waals surface area contributed by atoms with Gasteiger partial charge >= 0.3 is 0 Å². The number of fused-ring (bicyclic) bond motifs is 1. The Morgan fingerprint density at radius 1 is 1.10 bits per heavy atom. The number of halogens is 1. The molecule has 156 valence electrons. The second kappa shape index (κ2) is 8.92. The molecule has 2 atom stereocenters. The van der Waals surface area contributed by atoms with E-state index >= 15 is 0 Å². The van der Waals surface area contributed by atoms with Crippen LogP contribution in [0, 0.1) is 5.92 Å². The predicted octanol–water partition coefficient (Wildman–Crippen LogP) is 5.39. The molecule has 0 saturated heterocycles. The molecule has 1 aliphatic rings. The predicted molar refractivity (Wildman–Crippen MR) is 123 cm³/mol. The van der Waals surface area contributed by atoms with E-state index in [0.29, 0.717) is 17.1 Å². The largest absolute Gasteiger partial charge is 0.340 e. The van der Waals surface area contributed by atoms with E-state index < -0.39 is 6.04 Å². The summed E-state index contributed by atoms with van der Waals surface area (Å²) in [6, 6.07) is 12.4. The van der Waals surface area contributed by atoms with E-state index in [4.69, 9.17) is 11.6 Å². The molecule has 0 saturated carbocycles. The van der Waals surface area contributed by atoms with Gasteiger partial charge in [-0.15, -0.1) is 22.7 Å². The Kier molecular flexibility index (Phi) is 6.27. The van der Waals surface area contributed by atoms with Crippen LogP contribution in [0.15, 0.2) is 53.2 Å². The lowest BCUT2D eigenvalue weighted by molar-refractivity contribution is -0.136. The van der Waals surface area contributed by atoms with Gasteiger partial charge in [-0.25, -0.2) is 0 Å². The van der Waals surface area contributed by atoms with Crippen molar-refractivity contribution in [1.29, 1.82) is 0 Å². The Morgan fingerprint density at radius 2 is 1.90 bits per heavy atom. The van der Waals surface area contributed by atoms with Crippen molar-refractivity contribution in [3.05, 3.63) is 79.1 Å². The van der Waals surface area contributed by atoms with E-state index in [2.05, 4.69) is 22.8 Å². The summed E-state index contributed by atoms with van der Waals surface area (Å²) >= 11 is 9.59. The normalized spacial score (nSPS) is 16.9. The van der Waals surface area contributed by atoms with Crippen molar-refractivity contribution in [1.82, 2.24) is 10.2 Å². The van der Waals surface area contributed by atoms with Crippen molar-refractivity contribution in [2.45, 2.75) is 32.4 Å². The number of carbonyl (C=O) groups is 2. The number of hydrogen-bond acceptors (Lipinski definition) is 4. The molecule has 1 aliphatic heterocycles. The molecule has 3 heterocycles. The van der Waals surface area contributed by atoms with Crippen LogP contribution in [-0.4, -0.2) is 29.3 Å². The molecule has 0 bridgehead atoms. The number of nitrogens with one attached hydrogen (secondary N) is 1. The van der Waals surface area contributed by atoms with Crippen molar-refractivity contribution in [3.63, 3.8) is 0 Å². The van der Waals surface area contributed by atoms with Crippen molar-refractivity contribution < 1.29 is 9.59 Å². The van der Waals surface area contributed by atoms with Crippen molar-refractivity contribution >= 4 is 46.1 Å². The average Bonchev–Trinajstić information content (AvgIpc) is 3.42. The quantitative estimate of drug-likeness (QED) is 0.557. The number of carbonyl (C=O) groups excluding carboxylic acids is 2. The van der Waals surface area contributed by atoms with E-state index in [-0.39, 0.29) is 23.8 Å². The highest BCUT2D eigenvalue weighted by atomic mass is 35.5. The van der Waals surface area contributed by atoms with Gasteiger partial charge in [-0.3, -0.25) is 9.59 Å². The fraction of sp³-hybridized carbons (Fsp3) is 0.304. The monoisotopic (exact) mass is 458 g/mol. The minimum Gasteiger partial charge on any atom is -0.340 e. The lowest BCUT2D eigenvalue weighted by Gasteiger charge is -2.38. The van der Waals surface area contributed by atoms with Crippen LogP contribution in [0.25, 0.3) is 0 Å². The van der Waals surface area contributed by atoms with Crippen LogP contribution in [0.2, 0.25) is 5.02 Å². The van der Waals surface area contributed by atoms with Crippen LogP contribution in [-0.2, 0) is 11.2 Å². The van der Waals surface area contributed by atoms with Gasteiger partial charge in [0.2, 0.25) is 5.91 Å². The van der Waals surface area contributed by atoms with Gasteiger partial charge in [-0.2, -0.15) is 0 Å². The van der Waals surface area contributed by atoms with Crippen LogP contribution in [0.1, 0.15) is 45.6 Å². The molecule has 2 aromatic heterocycles. The van der Waals surface area contributed by atoms with E-state index in [0.717, 1.165) is 11.3 Å². The zero-order valence-corrected chi connectivity index (χ0v) is 19.2. The van der Waals surface area contributed by atoms with Gasteiger partial charge < -0.3 is 10.2 Å². The first-order chi connectivity index (χ1) is 14.5. The summed E-state index contributed by atoms with van der Waals surface area (Å²) < 4.78 is 0. The SMILES string of the molecule is CC(C)[C@H](NC(=O)c1ccccc1Cl)C(=O)N1CCc2sccc2C1c1cccs1. The van der Waals surface area contributed by atoms with Crippen LogP contribution < -0.4 is 5.32 Å². The molecule has 4 rings (SSSR count). The maximum atomic E-state index is 13.7. The zero-order valence-electron chi connectivity index (χ0n) is 16.8. The number of nitrogens with zero attached hydrogens (tertiary/aromatic N) is 1. The number of amides is 2. The second-order valence-corrected chi connectivity index (χ2v) is 10.1.